The first kappa shape index (κ1) is 12.5. The number of benzene rings is 1. The summed E-state index contributed by atoms with van der Waals surface area (Å²) >= 11 is 0. The average molecular weight is 259 g/mol. The molecule has 1 aromatic heterocycles. The molecular weight excluding hydrogens is 238 g/mol. The van der Waals surface area contributed by atoms with Crippen LogP contribution in [0.2, 0.25) is 0 Å². The maximum atomic E-state index is 9.30. The Morgan fingerprint density at radius 1 is 1.42 bits per heavy atom. The standard InChI is InChI=1S/C15H21N3O/c1-11-6-7-14-13(10-11)16-15(18(14)8-9-19)17(2)12-4-3-5-12/h6-7,10,12,19H,3-5,8-9H2,1-2H3. The molecule has 1 fully saturated rings. The summed E-state index contributed by atoms with van der Waals surface area (Å²) in [7, 11) is 2.12. The number of aryl methyl sites for hydroxylation is 1. The Morgan fingerprint density at radius 3 is 2.84 bits per heavy atom. The lowest BCUT2D eigenvalue weighted by Crippen LogP contribution is -2.38. The third kappa shape index (κ3) is 2.10. The topological polar surface area (TPSA) is 41.3 Å². The van der Waals surface area contributed by atoms with Crippen LogP contribution in [0.15, 0.2) is 18.2 Å². The maximum Gasteiger partial charge on any atom is 0.206 e. The van der Waals surface area contributed by atoms with Gasteiger partial charge in [-0.1, -0.05) is 6.07 Å². The Bertz CT molecular complexity index is 586. The van der Waals surface area contributed by atoms with Gasteiger partial charge in [-0.2, -0.15) is 0 Å². The van der Waals surface area contributed by atoms with E-state index < -0.39 is 0 Å². The molecule has 0 amide bonds. The number of aliphatic hydroxyl groups is 1. The van der Waals surface area contributed by atoms with Crippen LogP contribution in [-0.2, 0) is 6.54 Å². The highest BCUT2D eigenvalue weighted by Gasteiger charge is 2.25. The van der Waals surface area contributed by atoms with Crippen molar-refractivity contribution in [3.63, 3.8) is 0 Å². The second-order valence-electron chi connectivity index (χ2n) is 5.47. The van der Waals surface area contributed by atoms with Gasteiger partial charge in [0.2, 0.25) is 5.95 Å². The van der Waals surface area contributed by atoms with E-state index >= 15 is 0 Å². The Labute approximate surface area is 113 Å². The van der Waals surface area contributed by atoms with Gasteiger partial charge in [0.15, 0.2) is 0 Å². The van der Waals surface area contributed by atoms with Crippen molar-refractivity contribution < 1.29 is 5.11 Å². The van der Waals surface area contributed by atoms with E-state index in [-0.39, 0.29) is 6.61 Å². The maximum absolute atomic E-state index is 9.30. The molecule has 102 valence electrons. The van der Waals surface area contributed by atoms with Crippen LogP contribution in [0.3, 0.4) is 0 Å². The normalized spacial score (nSPS) is 15.7. The quantitative estimate of drug-likeness (QED) is 0.916. The number of hydrogen-bond donors (Lipinski definition) is 1. The Kier molecular flexibility index (Phi) is 3.19. The van der Waals surface area contributed by atoms with Gasteiger partial charge >= 0.3 is 0 Å². The molecule has 0 radical (unpaired) electrons. The molecule has 1 saturated carbocycles. The van der Waals surface area contributed by atoms with E-state index in [2.05, 4.69) is 41.6 Å². The molecule has 4 heteroatoms. The highest BCUT2D eigenvalue weighted by atomic mass is 16.3. The molecular formula is C15H21N3O. The van der Waals surface area contributed by atoms with E-state index in [9.17, 15) is 5.11 Å². The van der Waals surface area contributed by atoms with Crippen molar-refractivity contribution in [3.8, 4) is 0 Å². The zero-order valence-corrected chi connectivity index (χ0v) is 11.6. The van der Waals surface area contributed by atoms with E-state index in [1.165, 1.54) is 24.8 Å². The summed E-state index contributed by atoms with van der Waals surface area (Å²) in [5.74, 6) is 0.986. The summed E-state index contributed by atoms with van der Waals surface area (Å²) in [4.78, 5) is 7.05. The Hall–Kier alpha value is -1.55. The first-order valence-electron chi connectivity index (χ1n) is 7.01. The minimum Gasteiger partial charge on any atom is -0.395 e. The lowest BCUT2D eigenvalue weighted by atomic mass is 9.92. The van der Waals surface area contributed by atoms with E-state index in [4.69, 9.17) is 4.98 Å². The summed E-state index contributed by atoms with van der Waals surface area (Å²) in [6.45, 7) is 2.83. The van der Waals surface area contributed by atoms with Gasteiger partial charge in [-0.25, -0.2) is 4.98 Å². The van der Waals surface area contributed by atoms with Crippen LogP contribution in [0.25, 0.3) is 11.0 Å². The SMILES string of the molecule is Cc1ccc2c(c1)nc(N(C)C1CCC1)n2CCO. The molecule has 0 aliphatic heterocycles. The minimum absolute atomic E-state index is 0.144. The monoisotopic (exact) mass is 259 g/mol. The molecule has 0 bridgehead atoms. The van der Waals surface area contributed by atoms with Crippen molar-refractivity contribution in [3.05, 3.63) is 23.8 Å². The van der Waals surface area contributed by atoms with Gasteiger partial charge in [-0.15, -0.1) is 0 Å². The molecule has 0 spiro atoms. The van der Waals surface area contributed by atoms with Gasteiger partial charge in [0.1, 0.15) is 0 Å². The van der Waals surface area contributed by atoms with Crippen LogP contribution in [0.1, 0.15) is 24.8 Å². The van der Waals surface area contributed by atoms with Gasteiger partial charge in [0.05, 0.1) is 17.6 Å². The van der Waals surface area contributed by atoms with Crippen molar-refractivity contribution >= 4 is 17.0 Å². The van der Waals surface area contributed by atoms with Crippen molar-refractivity contribution in [2.45, 2.75) is 38.8 Å². The smallest absolute Gasteiger partial charge is 0.206 e. The van der Waals surface area contributed by atoms with Crippen LogP contribution >= 0.6 is 0 Å². The molecule has 0 atom stereocenters. The summed E-state index contributed by atoms with van der Waals surface area (Å²) < 4.78 is 2.13. The fourth-order valence-corrected chi connectivity index (χ4v) is 2.75. The summed E-state index contributed by atoms with van der Waals surface area (Å²) in [6, 6.07) is 6.92. The van der Waals surface area contributed by atoms with Crippen molar-refractivity contribution in [2.75, 3.05) is 18.6 Å². The van der Waals surface area contributed by atoms with E-state index in [0.717, 1.165) is 17.0 Å². The van der Waals surface area contributed by atoms with Gasteiger partial charge < -0.3 is 14.6 Å². The molecule has 0 unspecified atom stereocenters. The van der Waals surface area contributed by atoms with Crippen LogP contribution in [0.4, 0.5) is 5.95 Å². The summed E-state index contributed by atoms with van der Waals surface area (Å²) in [6.07, 6.45) is 3.81. The molecule has 19 heavy (non-hydrogen) atoms. The molecule has 2 aromatic rings. The molecule has 1 heterocycles. The molecule has 1 aliphatic carbocycles. The first-order valence-corrected chi connectivity index (χ1v) is 7.01. The average Bonchev–Trinajstić information content (AvgIpc) is 2.65. The summed E-state index contributed by atoms with van der Waals surface area (Å²) in [5.41, 5.74) is 3.36. The van der Waals surface area contributed by atoms with Crippen LogP contribution in [-0.4, -0.2) is 34.4 Å². The Balaban J connectivity index is 2.08. The fraction of sp³-hybridized carbons (Fsp3) is 0.533. The Morgan fingerprint density at radius 2 is 2.21 bits per heavy atom. The third-order valence-corrected chi connectivity index (χ3v) is 4.15. The lowest BCUT2D eigenvalue weighted by molar-refractivity contribution is 0.277. The van der Waals surface area contributed by atoms with Crippen molar-refractivity contribution in [2.24, 2.45) is 0 Å². The zero-order valence-electron chi connectivity index (χ0n) is 11.6. The zero-order chi connectivity index (χ0) is 13.4. The molecule has 1 N–H and O–H groups in total. The van der Waals surface area contributed by atoms with Crippen LogP contribution in [0.5, 0.6) is 0 Å². The number of nitrogens with zero attached hydrogens (tertiary/aromatic N) is 3. The van der Waals surface area contributed by atoms with Gasteiger partial charge in [-0.05, 0) is 43.9 Å². The largest absolute Gasteiger partial charge is 0.395 e. The van der Waals surface area contributed by atoms with Gasteiger partial charge in [-0.3, -0.25) is 0 Å². The predicted octanol–water partition coefficient (Wildman–Crippen LogP) is 2.33. The first-order chi connectivity index (χ1) is 9.20. The number of aliphatic hydroxyl groups excluding tert-OH is 1. The second kappa shape index (κ2) is 4.85. The number of anilines is 1. The van der Waals surface area contributed by atoms with Crippen LogP contribution < -0.4 is 4.90 Å². The number of hydrogen-bond acceptors (Lipinski definition) is 3. The van der Waals surface area contributed by atoms with E-state index in [0.29, 0.717) is 12.6 Å². The highest BCUT2D eigenvalue weighted by molar-refractivity contribution is 5.79. The minimum atomic E-state index is 0.144. The molecule has 1 aromatic carbocycles. The molecule has 4 nitrogen and oxygen atoms in total. The number of imidazole rings is 1. The van der Waals surface area contributed by atoms with Gasteiger partial charge in [0, 0.05) is 19.6 Å². The molecule has 3 rings (SSSR count). The van der Waals surface area contributed by atoms with Crippen molar-refractivity contribution in [1.29, 1.82) is 0 Å². The molecule has 1 aliphatic rings. The summed E-state index contributed by atoms with van der Waals surface area (Å²) in [5, 5.41) is 9.30. The van der Waals surface area contributed by atoms with E-state index in [1.54, 1.807) is 0 Å². The van der Waals surface area contributed by atoms with Crippen LogP contribution in [0, 0.1) is 6.92 Å². The predicted molar refractivity (Wildman–Crippen MR) is 77.6 cm³/mol. The second-order valence-corrected chi connectivity index (χ2v) is 5.47. The van der Waals surface area contributed by atoms with E-state index in [1.807, 2.05) is 0 Å². The number of aromatic nitrogens is 2. The number of rotatable bonds is 4. The number of fused-ring (bicyclic) bond motifs is 1. The lowest BCUT2D eigenvalue weighted by Gasteiger charge is -2.35. The fourth-order valence-electron chi connectivity index (χ4n) is 2.75. The molecule has 0 saturated heterocycles. The van der Waals surface area contributed by atoms with Gasteiger partial charge in [0.25, 0.3) is 0 Å². The third-order valence-electron chi connectivity index (χ3n) is 4.15. The highest BCUT2D eigenvalue weighted by Crippen LogP contribution is 2.30. The van der Waals surface area contributed by atoms with Crippen molar-refractivity contribution in [1.82, 2.24) is 9.55 Å².